The lowest BCUT2D eigenvalue weighted by Gasteiger charge is -2.04. The molecule has 0 atom stereocenters. The number of nitrogens with zero attached hydrogens (tertiary/aromatic N) is 4. The van der Waals surface area contributed by atoms with Crippen LogP contribution in [0.15, 0.2) is 27.8 Å². The summed E-state index contributed by atoms with van der Waals surface area (Å²) < 4.78 is 14.7. The molecule has 0 aliphatic heterocycles. The van der Waals surface area contributed by atoms with Crippen LogP contribution in [0, 0.1) is 5.82 Å². The van der Waals surface area contributed by atoms with Gasteiger partial charge >= 0.3 is 5.97 Å². The molecule has 0 saturated heterocycles. The highest BCUT2D eigenvalue weighted by atomic mass is 79.9. The predicted molar refractivity (Wildman–Crippen MR) is 65.2 cm³/mol. The maximum Gasteiger partial charge on any atom is 0.313 e. The monoisotopic (exact) mass is 332 g/mol. The Morgan fingerprint density at radius 2 is 2.33 bits per heavy atom. The van der Waals surface area contributed by atoms with Gasteiger partial charge in [-0.25, -0.2) is 4.39 Å². The van der Waals surface area contributed by atoms with Crippen LogP contribution in [0.1, 0.15) is 0 Å². The minimum Gasteiger partial charge on any atom is -0.481 e. The van der Waals surface area contributed by atoms with Crippen LogP contribution in [0.3, 0.4) is 0 Å². The van der Waals surface area contributed by atoms with Gasteiger partial charge in [-0.05, 0) is 44.6 Å². The molecule has 94 valence electrons. The van der Waals surface area contributed by atoms with Crippen molar-refractivity contribution in [2.24, 2.45) is 0 Å². The largest absolute Gasteiger partial charge is 0.481 e. The number of carboxylic acids is 1. The Hall–Kier alpha value is -1.48. The van der Waals surface area contributed by atoms with Gasteiger partial charge in [0.25, 0.3) is 0 Å². The summed E-state index contributed by atoms with van der Waals surface area (Å²) in [6, 6.07) is 4.28. The molecular formula is C9H6BrFN4O2S. The minimum absolute atomic E-state index is 0.150. The van der Waals surface area contributed by atoms with Crippen molar-refractivity contribution < 1.29 is 14.3 Å². The van der Waals surface area contributed by atoms with Crippen molar-refractivity contribution in [1.82, 2.24) is 20.2 Å². The Balaban J connectivity index is 2.30. The second-order valence-electron chi connectivity index (χ2n) is 3.15. The number of rotatable bonds is 4. The molecule has 1 heterocycles. The molecule has 0 saturated carbocycles. The summed E-state index contributed by atoms with van der Waals surface area (Å²) in [6.45, 7) is 0. The second-order valence-corrected chi connectivity index (χ2v) is 4.95. The summed E-state index contributed by atoms with van der Waals surface area (Å²) in [5.41, 5.74) is 0.543. The van der Waals surface area contributed by atoms with E-state index in [1.807, 2.05) is 0 Å². The van der Waals surface area contributed by atoms with Crippen molar-refractivity contribution in [2.75, 3.05) is 5.75 Å². The Morgan fingerprint density at radius 1 is 1.56 bits per heavy atom. The van der Waals surface area contributed by atoms with Crippen LogP contribution in [0.25, 0.3) is 5.69 Å². The third-order valence-corrected chi connectivity index (χ3v) is 3.43. The zero-order valence-corrected chi connectivity index (χ0v) is 11.2. The molecule has 2 aromatic rings. The number of aromatic nitrogens is 4. The minimum atomic E-state index is -0.963. The number of aliphatic carboxylic acids is 1. The number of hydrogen-bond donors (Lipinski definition) is 1. The topological polar surface area (TPSA) is 80.9 Å². The highest BCUT2D eigenvalue weighted by molar-refractivity contribution is 9.10. The third kappa shape index (κ3) is 2.85. The molecular weight excluding hydrogens is 327 g/mol. The summed E-state index contributed by atoms with van der Waals surface area (Å²) >= 11 is 4.05. The van der Waals surface area contributed by atoms with Gasteiger partial charge < -0.3 is 5.11 Å². The molecule has 1 aromatic carbocycles. The van der Waals surface area contributed by atoms with Gasteiger partial charge in [0, 0.05) is 0 Å². The Morgan fingerprint density at radius 3 is 3.00 bits per heavy atom. The fourth-order valence-electron chi connectivity index (χ4n) is 1.17. The van der Waals surface area contributed by atoms with Crippen molar-refractivity contribution in [3.63, 3.8) is 0 Å². The number of carboxylic acid groups (broad SMARTS) is 1. The van der Waals surface area contributed by atoms with Crippen molar-refractivity contribution in [2.45, 2.75) is 5.16 Å². The molecule has 0 fully saturated rings. The van der Waals surface area contributed by atoms with Gasteiger partial charge in [0.05, 0.1) is 15.9 Å². The summed E-state index contributed by atoms with van der Waals surface area (Å²) in [6.07, 6.45) is 0. The van der Waals surface area contributed by atoms with Crippen molar-refractivity contribution in [3.05, 3.63) is 28.5 Å². The molecule has 18 heavy (non-hydrogen) atoms. The van der Waals surface area contributed by atoms with Crippen LogP contribution < -0.4 is 0 Å². The van der Waals surface area contributed by atoms with Crippen LogP contribution in [-0.2, 0) is 4.79 Å². The predicted octanol–water partition coefficient (Wildman–Crippen LogP) is 1.74. The van der Waals surface area contributed by atoms with E-state index in [1.54, 1.807) is 0 Å². The highest BCUT2D eigenvalue weighted by Crippen LogP contribution is 2.22. The molecule has 6 nitrogen and oxygen atoms in total. The van der Waals surface area contributed by atoms with Crippen LogP contribution in [0.4, 0.5) is 4.39 Å². The van der Waals surface area contributed by atoms with E-state index < -0.39 is 11.8 Å². The average molecular weight is 333 g/mol. The standard InChI is InChI=1S/C9H6BrFN4O2S/c10-6-3-5(1-2-7(6)11)15-9(12-13-14-15)18-4-8(16)17/h1-3H,4H2,(H,16,17). The van der Waals surface area contributed by atoms with Gasteiger partial charge in [-0.3, -0.25) is 4.79 Å². The molecule has 0 radical (unpaired) electrons. The highest BCUT2D eigenvalue weighted by Gasteiger charge is 2.12. The van der Waals surface area contributed by atoms with E-state index in [9.17, 15) is 9.18 Å². The smallest absolute Gasteiger partial charge is 0.313 e. The lowest BCUT2D eigenvalue weighted by molar-refractivity contribution is -0.133. The lowest BCUT2D eigenvalue weighted by atomic mass is 10.3. The summed E-state index contributed by atoms with van der Waals surface area (Å²) in [5.74, 6) is -1.51. The van der Waals surface area contributed by atoms with Crippen molar-refractivity contribution in [3.8, 4) is 5.69 Å². The van der Waals surface area contributed by atoms with Gasteiger partial charge in [-0.2, -0.15) is 4.68 Å². The molecule has 0 unspecified atom stereocenters. The fourth-order valence-corrected chi connectivity index (χ4v) is 2.15. The van der Waals surface area contributed by atoms with E-state index in [-0.39, 0.29) is 10.2 Å². The zero-order valence-electron chi connectivity index (χ0n) is 8.75. The normalized spacial score (nSPS) is 10.6. The quantitative estimate of drug-likeness (QED) is 0.859. The lowest BCUT2D eigenvalue weighted by Crippen LogP contribution is -2.03. The number of tetrazole rings is 1. The summed E-state index contributed by atoms with van der Waals surface area (Å²) in [4.78, 5) is 10.5. The van der Waals surface area contributed by atoms with E-state index in [2.05, 4.69) is 31.5 Å². The fraction of sp³-hybridized carbons (Fsp3) is 0.111. The summed E-state index contributed by atoms with van der Waals surface area (Å²) in [7, 11) is 0. The maximum absolute atomic E-state index is 13.1. The molecule has 0 amide bonds. The van der Waals surface area contributed by atoms with E-state index >= 15 is 0 Å². The third-order valence-electron chi connectivity index (χ3n) is 1.91. The Kier molecular flexibility index (Phi) is 3.92. The zero-order chi connectivity index (χ0) is 13.1. The van der Waals surface area contributed by atoms with Crippen LogP contribution in [0.5, 0.6) is 0 Å². The molecule has 0 spiro atoms. The van der Waals surface area contributed by atoms with Crippen LogP contribution >= 0.6 is 27.7 Å². The first kappa shape index (κ1) is 13.0. The van der Waals surface area contributed by atoms with E-state index in [4.69, 9.17) is 5.11 Å². The number of thioether (sulfide) groups is 1. The second kappa shape index (κ2) is 5.44. The first-order chi connectivity index (χ1) is 8.58. The van der Waals surface area contributed by atoms with Crippen LogP contribution in [0.2, 0.25) is 0 Å². The number of carbonyl (C=O) groups is 1. The maximum atomic E-state index is 13.1. The first-order valence-electron chi connectivity index (χ1n) is 4.66. The van der Waals surface area contributed by atoms with E-state index in [1.165, 1.54) is 22.9 Å². The molecule has 0 aliphatic rings. The first-order valence-corrected chi connectivity index (χ1v) is 6.44. The van der Waals surface area contributed by atoms with Crippen LogP contribution in [-0.4, -0.2) is 37.0 Å². The van der Waals surface area contributed by atoms with Crippen molar-refractivity contribution in [1.29, 1.82) is 0 Å². The van der Waals surface area contributed by atoms with Gasteiger partial charge in [-0.1, -0.05) is 11.8 Å². The van der Waals surface area contributed by atoms with Gasteiger partial charge in [0.1, 0.15) is 5.82 Å². The van der Waals surface area contributed by atoms with Gasteiger partial charge in [0.15, 0.2) is 0 Å². The molecule has 1 aromatic heterocycles. The molecule has 0 bridgehead atoms. The molecule has 2 rings (SSSR count). The summed E-state index contributed by atoms with van der Waals surface area (Å²) in [5, 5.41) is 19.8. The average Bonchev–Trinajstić information content (AvgIpc) is 2.78. The SMILES string of the molecule is O=C(O)CSc1nnnn1-c1ccc(F)c(Br)c1. The van der Waals surface area contributed by atoms with Gasteiger partial charge in [0.2, 0.25) is 5.16 Å². The number of halogens is 2. The van der Waals surface area contributed by atoms with Gasteiger partial charge in [-0.15, -0.1) is 5.10 Å². The molecule has 0 aliphatic carbocycles. The molecule has 9 heteroatoms. The van der Waals surface area contributed by atoms with E-state index in [0.717, 1.165) is 11.8 Å². The Labute approximate surface area is 113 Å². The van der Waals surface area contributed by atoms with Crippen molar-refractivity contribution >= 4 is 33.7 Å². The molecule has 1 N–H and O–H groups in total. The number of benzene rings is 1. The Bertz CT molecular complexity index is 592. The number of hydrogen-bond acceptors (Lipinski definition) is 5. The van der Waals surface area contributed by atoms with E-state index in [0.29, 0.717) is 10.8 Å².